The highest BCUT2D eigenvalue weighted by Gasteiger charge is 2.30. The van der Waals surface area contributed by atoms with E-state index >= 15 is 0 Å². The highest BCUT2D eigenvalue weighted by atomic mass is 32.3. The monoisotopic (exact) mass is 216 g/mol. The van der Waals surface area contributed by atoms with Crippen molar-refractivity contribution in [2.75, 3.05) is 6.26 Å². The molecule has 0 aromatic rings. The van der Waals surface area contributed by atoms with Crippen molar-refractivity contribution in [2.24, 2.45) is 0 Å². The van der Waals surface area contributed by atoms with Crippen molar-refractivity contribution in [3.63, 3.8) is 0 Å². The first-order chi connectivity index (χ1) is 6.22. The van der Waals surface area contributed by atoms with E-state index in [1.807, 2.05) is 19.1 Å². The lowest BCUT2D eigenvalue weighted by Crippen LogP contribution is -2.41. The van der Waals surface area contributed by atoms with Crippen molar-refractivity contribution in [2.45, 2.75) is 38.9 Å². The van der Waals surface area contributed by atoms with Gasteiger partial charge in [0.2, 0.25) is 0 Å². The van der Waals surface area contributed by atoms with Gasteiger partial charge in [0.1, 0.15) is 0 Å². The summed E-state index contributed by atoms with van der Waals surface area (Å²) in [4.78, 5) is 0.626. The van der Waals surface area contributed by atoms with Gasteiger partial charge < -0.3 is 0 Å². The summed E-state index contributed by atoms with van der Waals surface area (Å²) in [6, 6.07) is 0. The Morgan fingerprint density at radius 2 is 2.07 bits per heavy atom. The molecule has 3 heteroatoms. The molecule has 0 saturated heterocycles. The topological polar surface area (TPSA) is 37.3 Å². The van der Waals surface area contributed by atoms with Crippen LogP contribution in [0.5, 0.6) is 0 Å². The van der Waals surface area contributed by atoms with Crippen LogP contribution >= 0.6 is 0 Å². The van der Waals surface area contributed by atoms with Gasteiger partial charge in [0, 0.05) is 11.5 Å². The molecule has 0 radical (unpaired) electrons. The molecule has 2 nitrogen and oxygen atoms in total. The van der Waals surface area contributed by atoms with Gasteiger partial charge in [0.15, 0.2) is 0 Å². The zero-order valence-corrected chi connectivity index (χ0v) is 10.2. The Morgan fingerprint density at radius 3 is 2.50 bits per heavy atom. The predicted octanol–water partition coefficient (Wildman–Crippen LogP) is 2.94. The summed E-state index contributed by atoms with van der Waals surface area (Å²) in [6.07, 6.45) is 7.14. The van der Waals surface area contributed by atoms with Gasteiger partial charge >= 0.3 is 0 Å². The fourth-order valence-corrected chi connectivity index (χ4v) is 2.99. The molecule has 0 aromatic heterocycles. The van der Waals surface area contributed by atoms with Crippen LogP contribution < -0.4 is 0 Å². The fourth-order valence-electron chi connectivity index (χ4n) is 1.43. The summed E-state index contributed by atoms with van der Waals surface area (Å²) in [5.74, 6) is 0. The Hall–Kier alpha value is -0.410. The molecule has 0 aliphatic heterocycles. The minimum atomic E-state index is -3.60. The third-order valence-electron chi connectivity index (χ3n) is 2.96. The van der Waals surface area contributed by atoms with Crippen LogP contribution in [0.3, 0.4) is 0 Å². The van der Waals surface area contributed by atoms with E-state index in [1.54, 1.807) is 13.8 Å². The maximum atomic E-state index is 12.4. The van der Waals surface area contributed by atoms with Crippen LogP contribution in [0.4, 0.5) is 0 Å². The van der Waals surface area contributed by atoms with Crippen LogP contribution in [0, 0.1) is 0 Å². The zero-order valence-electron chi connectivity index (χ0n) is 9.41. The first kappa shape index (κ1) is 11.7. The molecule has 14 heavy (non-hydrogen) atoms. The second kappa shape index (κ2) is 3.31. The molecule has 0 bridgehead atoms. The standard InChI is InChI=1S/C11H20O2S/c1-9(2)14(4,12,13)11-7-5-6-10(3)8-11/h7-9H,5-6H2,1-4H3,(H,12,13). The van der Waals surface area contributed by atoms with Crippen LogP contribution in [0.15, 0.2) is 22.6 Å². The van der Waals surface area contributed by atoms with E-state index in [-0.39, 0.29) is 5.25 Å². The van der Waals surface area contributed by atoms with Gasteiger partial charge in [-0.3, -0.25) is 4.55 Å². The zero-order chi connectivity index (χ0) is 11.0. The highest BCUT2D eigenvalue weighted by molar-refractivity contribution is 8.18. The third-order valence-corrected chi connectivity index (χ3v) is 6.61. The molecule has 82 valence electrons. The van der Waals surface area contributed by atoms with Gasteiger partial charge in [-0.25, -0.2) is 4.21 Å². The average Bonchev–Trinajstić information content (AvgIpc) is 2.03. The molecular weight excluding hydrogens is 196 g/mol. The van der Waals surface area contributed by atoms with Crippen molar-refractivity contribution in [3.8, 4) is 0 Å². The van der Waals surface area contributed by atoms with Crippen molar-refractivity contribution < 1.29 is 8.76 Å². The largest absolute Gasteiger partial charge is 0.299 e. The number of hydrogen-bond donors (Lipinski definition) is 1. The number of rotatable bonds is 2. The Kier molecular flexibility index (Phi) is 2.76. The predicted molar refractivity (Wildman–Crippen MR) is 62.9 cm³/mol. The quantitative estimate of drug-likeness (QED) is 0.770. The van der Waals surface area contributed by atoms with E-state index in [1.165, 1.54) is 11.8 Å². The normalized spacial score (nSPS) is 21.1. The van der Waals surface area contributed by atoms with Crippen molar-refractivity contribution in [1.82, 2.24) is 0 Å². The van der Waals surface area contributed by atoms with Crippen LogP contribution in [-0.4, -0.2) is 20.3 Å². The molecule has 0 fully saturated rings. The smallest absolute Gasteiger partial charge is 0.0502 e. The van der Waals surface area contributed by atoms with Gasteiger partial charge in [-0.05, 0) is 39.7 Å². The lowest BCUT2D eigenvalue weighted by Gasteiger charge is -2.44. The Morgan fingerprint density at radius 1 is 1.50 bits per heavy atom. The molecule has 0 spiro atoms. The van der Waals surface area contributed by atoms with E-state index in [9.17, 15) is 8.76 Å². The van der Waals surface area contributed by atoms with Crippen molar-refractivity contribution >= 4 is 9.35 Å². The second-order valence-corrected chi connectivity index (χ2v) is 8.67. The van der Waals surface area contributed by atoms with Gasteiger partial charge in [-0.1, -0.05) is 11.6 Å². The van der Waals surface area contributed by atoms with Crippen molar-refractivity contribution in [1.29, 1.82) is 0 Å². The van der Waals surface area contributed by atoms with Crippen LogP contribution in [-0.2, 0) is 9.35 Å². The number of allylic oxidation sites excluding steroid dienone is 3. The van der Waals surface area contributed by atoms with Gasteiger partial charge in [0.05, 0.1) is 4.91 Å². The van der Waals surface area contributed by atoms with Crippen LogP contribution in [0.1, 0.15) is 33.6 Å². The van der Waals surface area contributed by atoms with Crippen molar-refractivity contribution in [3.05, 3.63) is 22.6 Å². The molecule has 0 aromatic carbocycles. The third kappa shape index (κ3) is 1.98. The van der Waals surface area contributed by atoms with E-state index in [2.05, 4.69) is 0 Å². The van der Waals surface area contributed by atoms with E-state index in [0.717, 1.165) is 12.8 Å². The van der Waals surface area contributed by atoms with E-state index in [0.29, 0.717) is 4.91 Å². The molecule has 1 rings (SSSR count). The highest BCUT2D eigenvalue weighted by Crippen LogP contribution is 2.37. The molecule has 0 unspecified atom stereocenters. The summed E-state index contributed by atoms with van der Waals surface area (Å²) in [5.41, 5.74) is 1.19. The summed E-state index contributed by atoms with van der Waals surface area (Å²) >= 11 is 0. The van der Waals surface area contributed by atoms with E-state index in [4.69, 9.17) is 0 Å². The molecule has 0 amide bonds. The molecule has 1 aliphatic carbocycles. The lowest BCUT2D eigenvalue weighted by atomic mass is 10.1. The Bertz CT molecular complexity index is 355. The summed E-state index contributed by atoms with van der Waals surface area (Å²) in [6.45, 7) is 5.61. The molecule has 0 saturated carbocycles. The van der Waals surface area contributed by atoms with Gasteiger partial charge in [0.25, 0.3) is 0 Å². The second-order valence-electron chi connectivity index (χ2n) is 4.54. The van der Waals surface area contributed by atoms with Gasteiger partial charge in [-0.2, -0.15) is 9.35 Å². The van der Waals surface area contributed by atoms with Crippen LogP contribution in [0.2, 0.25) is 0 Å². The number of hydrogen-bond acceptors (Lipinski definition) is 1. The minimum absolute atomic E-state index is 0.236. The molecule has 1 N–H and O–H groups in total. The first-order valence-corrected chi connectivity index (χ1v) is 7.37. The summed E-state index contributed by atoms with van der Waals surface area (Å²) in [7, 11) is -3.60. The van der Waals surface area contributed by atoms with Gasteiger partial charge in [-0.15, -0.1) is 0 Å². The minimum Gasteiger partial charge on any atom is -0.299 e. The maximum Gasteiger partial charge on any atom is 0.0502 e. The average molecular weight is 216 g/mol. The molecule has 1 aliphatic rings. The summed E-state index contributed by atoms with van der Waals surface area (Å²) in [5, 5.41) is -0.236. The molecule has 0 heterocycles. The Balaban J connectivity index is 3.18. The first-order valence-electron chi connectivity index (χ1n) is 4.98. The van der Waals surface area contributed by atoms with E-state index < -0.39 is 9.35 Å². The molecule has 0 atom stereocenters. The Labute approximate surface area is 86.3 Å². The summed E-state index contributed by atoms with van der Waals surface area (Å²) < 4.78 is 22.7. The fraction of sp³-hybridized carbons (Fsp3) is 0.636. The SMILES string of the molecule is CC1=CC(S(C)(=O)(O)C(C)C)=CCC1. The lowest BCUT2D eigenvalue weighted by molar-refractivity contribution is 0.517. The maximum absolute atomic E-state index is 12.4. The molecular formula is C11H20O2S. The van der Waals surface area contributed by atoms with Crippen LogP contribution in [0.25, 0.3) is 0 Å².